The number of anilines is 1. The van der Waals surface area contributed by atoms with Crippen molar-refractivity contribution in [2.75, 3.05) is 25.0 Å². The van der Waals surface area contributed by atoms with E-state index in [4.69, 9.17) is 0 Å². The minimum Gasteiger partial charge on any atom is -0.508 e. The van der Waals surface area contributed by atoms with Gasteiger partial charge in [-0.1, -0.05) is 6.07 Å². The Morgan fingerprint density at radius 3 is 2.81 bits per heavy atom. The number of nitrogens with one attached hydrogen (secondary N) is 1. The summed E-state index contributed by atoms with van der Waals surface area (Å²) in [4.78, 5) is 2.38. The van der Waals surface area contributed by atoms with Crippen molar-refractivity contribution in [3.8, 4) is 5.75 Å². The predicted octanol–water partition coefficient (Wildman–Crippen LogP) is 1.51. The molecule has 3 nitrogen and oxygen atoms in total. The van der Waals surface area contributed by atoms with E-state index in [1.165, 1.54) is 24.1 Å². The molecule has 86 valence electrons. The van der Waals surface area contributed by atoms with Gasteiger partial charge < -0.3 is 15.3 Å². The van der Waals surface area contributed by atoms with Crippen LogP contribution in [0.1, 0.15) is 18.4 Å². The largest absolute Gasteiger partial charge is 0.508 e. The lowest BCUT2D eigenvalue weighted by Gasteiger charge is -2.41. The zero-order chi connectivity index (χ0) is 11.2. The first kappa shape index (κ1) is 9.97. The smallest absolute Gasteiger partial charge is 0.117 e. The van der Waals surface area contributed by atoms with Crippen molar-refractivity contribution in [2.45, 2.75) is 24.8 Å². The fourth-order valence-corrected chi connectivity index (χ4v) is 3.15. The summed E-state index contributed by atoms with van der Waals surface area (Å²) in [6.45, 7) is 2.20. The second-order valence-electron chi connectivity index (χ2n) is 5.02. The molecule has 0 radical (unpaired) electrons. The van der Waals surface area contributed by atoms with E-state index in [1.54, 1.807) is 6.07 Å². The number of aromatic hydroxyl groups is 1. The van der Waals surface area contributed by atoms with E-state index in [2.05, 4.69) is 23.3 Å². The average molecular weight is 218 g/mol. The molecule has 1 spiro atoms. The minimum atomic E-state index is 0.293. The Morgan fingerprint density at radius 2 is 2.06 bits per heavy atom. The van der Waals surface area contributed by atoms with Crippen molar-refractivity contribution >= 4 is 5.69 Å². The molecule has 1 saturated heterocycles. The second-order valence-corrected chi connectivity index (χ2v) is 5.02. The van der Waals surface area contributed by atoms with Crippen LogP contribution in [0.25, 0.3) is 0 Å². The van der Waals surface area contributed by atoms with Gasteiger partial charge in [0.25, 0.3) is 0 Å². The van der Waals surface area contributed by atoms with E-state index in [1.807, 2.05) is 6.07 Å². The van der Waals surface area contributed by atoms with Crippen LogP contribution < -0.4 is 10.2 Å². The first-order valence-electron chi connectivity index (χ1n) is 5.98. The summed E-state index contributed by atoms with van der Waals surface area (Å²) in [7, 11) is 2.16. The average Bonchev–Trinajstić information content (AvgIpc) is 2.55. The Balaban J connectivity index is 1.99. The highest BCUT2D eigenvalue weighted by Gasteiger charge is 2.42. The Morgan fingerprint density at radius 1 is 1.31 bits per heavy atom. The zero-order valence-corrected chi connectivity index (χ0v) is 9.66. The van der Waals surface area contributed by atoms with E-state index >= 15 is 0 Å². The van der Waals surface area contributed by atoms with Crippen molar-refractivity contribution in [2.24, 2.45) is 0 Å². The number of hydrogen-bond acceptors (Lipinski definition) is 3. The van der Waals surface area contributed by atoms with Crippen molar-refractivity contribution in [3.63, 3.8) is 0 Å². The monoisotopic (exact) mass is 218 g/mol. The minimum absolute atomic E-state index is 0.293. The molecule has 16 heavy (non-hydrogen) atoms. The number of likely N-dealkylation sites (N-methyl/N-ethyl adjacent to an activating group) is 1. The lowest BCUT2D eigenvalue weighted by Crippen LogP contribution is -2.51. The van der Waals surface area contributed by atoms with Crippen molar-refractivity contribution in [1.82, 2.24) is 5.32 Å². The highest BCUT2D eigenvalue weighted by Crippen LogP contribution is 2.43. The summed E-state index contributed by atoms with van der Waals surface area (Å²) in [5.74, 6) is 0.372. The molecular formula is C13H18N2O. The van der Waals surface area contributed by atoms with Gasteiger partial charge in [-0.3, -0.25) is 0 Å². The maximum Gasteiger partial charge on any atom is 0.117 e. The van der Waals surface area contributed by atoms with Crippen LogP contribution in [-0.2, 0) is 6.42 Å². The first-order valence-corrected chi connectivity index (χ1v) is 5.98. The van der Waals surface area contributed by atoms with Gasteiger partial charge in [-0.25, -0.2) is 0 Å². The number of piperidine rings is 1. The molecule has 0 aromatic heterocycles. The quantitative estimate of drug-likeness (QED) is 0.693. The van der Waals surface area contributed by atoms with Gasteiger partial charge in [-0.2, -0.15) is 0 Å². The van der Waals surface area contributed by atoms with Crippen LogP contribution in [0.3, 0.4) is 0 Å². The van der Waals surface area contributed by atoms with E-state index in [0.717, 1.165) is 19.5 Å². The molecule has 0 saturated carbocycles. The van der Waals surface area contributed by atoms with Crippen LogP contribution in [-0.4, -0.2) is 30.8 Å². The predicted molar refractivity (Wildman–Crippen MR) is 65.0 cm³/mol. The van der Waals surface area contributed by atoms with Crippen molar-refractivity contribution in [3.05, 3.63) is 23.8 Å². The molecule has 2 heterocycles. The molecule has 1 aromatic carbocycles. The number of benzene rings is 1. The summed E-state index contributed by atoms with van der Waals surface area (Å²) in [6.07, 6.45) is 3.51. The third-order valence-corrected chi connectivity index (χ3v) is 4.20. The van der Waals surface area contributed by atoms with Gasteiger partial charge in [-0.15, -0.1) is 0 Å². The van der Waals surface area contributed by atoms with Crippen molar-refractivity contribution in [1.29, 1.82) is 0 Å². The molecule has 3 heteroatoms. The molecule has 0 bridgehead atoms. The topological polar surface area (TPSA) is 35.5 Å². The van der Waals surface area contributed by atoms with Crippen LogP contribution in [0.2, 0.25) is 0 Å². The number of fused-ring (bicyclic) bond motifs is 1. The number of phenolic OH excluding ortho intramolecular Hbond substituents is 1. The molecule has 1 fully saturated rings. The molecule has 0 atom stereocenters. The highest BCUT2D eigenvalue weighted by molar-refractivity contribution is 5.63. The summed E-state index contributed by atoms with van der Waals surface area (Å²) in [5, 5.41) is 13.0. The third-order valence-electron chi connectivity index (χ3n) is 4.20. The van der Waals surface area contributed by atoms with E-state index in [0.29, 0.717) is 11.3 Å². The summed E-state index contributed by atoms with van der Waals surface area (Å²) < 4.78 is 0. The molecule has 0 amide bonds. The zero-order valence-electron chi connectivity index (χ0n) is 9.66. The lowest BCUT2D eigenvalue weighted by molar-refractivity contribution is 0.310. The normalized spacial score (nSPS) is 22.4. The summed E-state index contributed by atoms with van der Waals surface area (Å²) in [5.41, 5.74) is 2.88. The molecule has 3 rings (SSSR count). The third kappa shape index (κ3) is 1.31. The SMILES string of the molecule is CN1c2cc(O)ccc2CC12CCNCC2. The van der Waals surface area contributed by atoms with Gasteiger partial charge in [0.15, 0.2) is 0 Å². The lowest BCUT2D eigenvalue weighted by atomic mass is 9.85. The number of nitrogens with zero attached hydrogens (tertiary/aromatic N) is 1. The van der Waals surface area contributed by atoms with Gasteiger partial charge in [0.05, 0.1) is 0 Å². The first-order chi connectivity index (χ1) is 7.71. The van der Waals surface area contributed by atoms with E-state index in [9.17, 15) is 5.11 Å². The molecule has 2 aliphatic rings. The second kappa shape index (κ2) is 3.39. The van der Waals surface area contributed by atoms with Crippen LogP contribution in [0.5, 0.6) is 5.75 Å². The molecule has 2 N–H and O–H groups in total. The molecule has 2 aliphatic heterocycles. The van der Waals surface area contributed by atoms with Crippen LogP contribution in [0.15, 0.2) is 18.2 Å². The fourth-order valence-electron chi connectivity index (χ4n) is 3.15. The van der Waals surface area contributed by atoms with E-state index < -0.39 is 0 Å². The molecule has 1 aromatic rings. The van der Waals surface area contributed by atoms with Gasteiger partial charge in [0.2, 0.25) is 0 Å². The highest BCUT2D eigenvalue weighted by atomic mass is 16.3. The van der Waals surface area contributed by atoms with Gasteiger partial charge in [0.1, 0.15) is 5.75 Å². The van der Waals surface area contributed by atoms with Crippen LogP contribution in [0, 0.1) is 0 Å². The molecule has 0 aliphatic carbocycles. The maximum absolute atomic E-state index is 9.56. The summed E-state index contributed by atoms with van der Waals surface area (Å²) in [6, 6.07) is 5.76. The molecule has 0 unspecified atom stereocenters. The van der Waals surface area contributed by atoms with Gasteiger partial charge in [0, 0.05) is 24.3 Å². The number of rotatable bonds is 0. The number of phenols is 1. The van der Waals surface area contributed by atoms with Gasteiger partial charge in [-0.05, 0) is 44.0 Å². The standard InChI is InChI=1S/C13H18N2O/c1-15-12-8-11(16)3-2-10(12)9-13(15)4-6-14-7-5-13/h2-3,8,14,16H,4-7,9H2,1H3. The Labute approximate surface area is 96.1 Å². The fraction of sp³-hybridized carbons (Fsp3) is 0.538. The van der Waals surface area contributed by atoms with Crippen LogP contribution in [0.4, 0.5) is 5.69 Å². The van der Waals surface area contributed by atoms with Gasteiger partial charge >= 0.3 is 0 Å². The van der Waals surface area contributed by atoms with Crippen molar-refractivity contribution < 1.29 is 5.11 Å². The Kier molecular flexibility index (Phi) is 2.11. The maximum atomic E-state index is 9.56. The molecular weight excluding hydrogens is 200 g/mol. The van der Waals surface area contributed by atoms with Crippen LogP contribution >= 0.6 is 0 Å². The Bertz CT molecular complexity index is 410. The van der Waals surface area contributed by atoms with E-state index in [-0.39, 0.29) is 0 Å². The summed E-state index contributed by atoms with van der Waals surface area (Å²) >= 11 is 0. The number of hydrogen-bond donors (Lipinski definition) is 2. The Hall–Kier alpha value is -1.22.